The van der Waals surface area contributed by atoms with Gasteiger partial charge >= 0.3 is 0 Å². The van der Waals surface area contributed by atoms with Crippen molar-refractivity contribution in [2.24, 2.45) is 7.05 Å². The molecule has 0 spiro atoms. The summed E-state index contributed by atoms with van der Waals surface area (Å²) < 4.78 is 13.6. The van der Waals surface area contributed by atoms with E-state index in [9.17, 15) is 0 Å². The summed E-state index contributed by atoms with van der Waals surface area (Å²) in [6, 6.07) is 2.02. The molecule has 22 heavy (non-hydrogen) atoms. The number of hydrogen-bond donors (Lipinski definition) is 0. The second-order valence-corrected chi connectivity index (χ2v) is 5.02. The monoisotopic (exact) mass is 305 g/mol. The molecule has 0 N–H and O–H groups in total. The second kappa shape index (κ2) is 9.71. The Morgan fingerprint density at radius 2 is 1.86 bits per heavy atom. The summed E-state index contributed by atoms with van der Waals surface area (Å²) in [6.07, 6.45) is 7.50. The summed E-state index contributed by atoms with van der Waals surface area (Å²) in [6.45, 7) is 5.47. The normalized spacial score (nSPS) is 10.2. The van der Waals surface area contributed by atoms with Crippen molar-refractivity contribution in [1.82, 2.24) is 19.6 Å². The molecule has 0 bridgehead atoms. The highest BCUT2D eigenvalue weighted by Crippen LogP contribution is 2.02. The summed E-state index contributed by atoms with van der Waals surface area (Å²) in [4.78, 5) is 0. The minimum Gasteiger partial charge on any atom is -0.380 e. The van der Waals surface area contributed by atoms with Crippen molar-refractivity contribution >= 4 is 0 Å². The van der Waals surface area contributed by atoms with Gasteiger partial charge in [0.15, 0.2) is 0 Å². The van der Waals surface area contributed by atoms with Crippen LogP contribution in [0.15, 0.2) is 24.8 Å². The van der Waals surface area contributed by atoms with Crippen LogP contribution < -0.4 is 0 Å². The molecule has 0 radical (unpaired) electrons. The molecule has 0 aliphatic carbocycles. The number of nitriles is 1. The number of hydrogen-bond acceptors (Lipinski definition) is 5. The van der Waals surface area contributed by atoms with Gasteiger partial charge in [-0.05, 0) is 13.8 Å². The predicted molar refractivity (Wildman–Crippen MR) is 81.7 cm³/mol. The summed E-state index contributed by atoms with van der Waals surface area (Å²) in [5, 5.41) is 16.4. The Hall–Kier alpha value is -2.17. The fourth-order valence-corrected chi connectivity index (χ4v) is 1.62. The van der Waals surface area contributed by atoms with Gasteiger partial charge in [0.2, 0.25) is 0 Å². The molecule has 2 aromatic rings. The Kier molecular flexibility index (Phi) is 7.89. The van der Waals surface area contributed by atoms with E-state index in [4.69, 9.17) is 14.7 Å². The molecule has 0 unspecified atom stereocenters. The number of rotatable bonds is 6. The van der Waals surface area contributed by atoms with Crippen molar-refractivity contribution < 1.29 is 9.47 Å². The second-order valence-electron chi connectivity index (χ2n) is 5.02. The molecule has 0 aromatic carbocycles. The van der Waals surface area contributed by atoms with Crippen molar-refractivity contribution in [3.05, 3.63) is 35.9 Å². The van der Waals surface area contributed by atoms with Gasteiger partial charge in [0.05, 0.1) is 37.8 Å². The van der Waals surface area contributed by atoms with Crippen molar-refractivity contribution in [3.63, 3.8) is 0 Å². The van der Waals surface area contributed by atoms with E-state index in [1.54, 1.807) is 28.9 Å². The van der Waals surface area contributed by atoms with Gasteiger partial charge in [0.25, 0.3) is 0 Å². The quantitative estimate of drug-likeness (QED) is 0.814. The van der Waals surface area contributed by atoms with Crippen LogP contribution in [0.2, 0.25) is 0 Å². The first-order valence-electron chi connectivity index (χ1n) is 7.01. The molecular formula is C15H23N5O2. The number of ether oxygens (including phenoxy) is 2. The van der Waals surface area contributed by atoms with Gasteiger partial charge in [-0.15, -0.1) is 0 Å². The van der Waals surface area contributed by atoms with E-state index in [1.165, 1.54) is 0 Å². The largest absolute Gasteiger partial charge is 0.380 e. The Bertz CT molecular complexity index is 583. The summed E-state index contributed by atoms with van der Waals surface area (Å²) in [5.74, 6) is 0. The van der Waals surface area contributed by atoms with E-state index in [0.29, 0.717) is 19.8 Å². The Morgan fingerprint density at radius 1 is 1.18 bits per heavy atom. The van der Waals surface area contributed by atoms with Crippen LogP contribution in [0.3, 0.4) is 0 Å². The fourth-order valence-electron chi connectivity index (χ4n) is 1.62. The van der Waals surface area contributed by atoms with E-state index in [1.807, 2.05) is 39.4 Å². The van der Waals surface area contributed by atoms with Gasteiger partial charge in [-0.25, -0.2) is 0 Å². The molecule has 0 fully saturated rings. The fraction of sp³-hybridized carbons (Fsp3) is 0.533. The molecule has 7 heteroatoms. The van der Waals surface area contributed by atoms with Gasteiger partial charge in [0.1, 0.15) is 6.54 Å². The molecule has 0 saturated heterocycles. The zero-order valence-corrected chi connectivity index (χ0v) is 13.6. The van der Waals surface area contributed by atoms with Crippen molar-refractivity contribution in [2.45, 2.75) is 39.7 Å². The lowest BCUT2D eigenvalue weighted by Gasteiger charge is -2.04. The first kappa shape index (κ1) is 17.9. The minimum atomic E-state index is 0.222. The van der Waals surface area contributed by atoms with Gasteiger partial charge in [-0.3, -0.25) is 9.36 Å². The molecule has 0 aliphatic heterocycles. The molecule has 0 aliphatic rings. The SMILES string of the molecule is CC(C)OCc1cnn(CC#N)c1.COCc1cnn(C)c1. The minimum absolute atomic E-state index is 0.222. The third kappa shape index (κ3) is 7.02. The highest BCUT2D eigenvalue weighted by molar-refractivity contribution is 5.02. The van der Waals surface area contributed by atoms with E-state index < -0.39 is 0 Å². The Labute approximate surface area is 131 Å². The van der Waals surface area contributed by atoms with Gasteiger partial charge < -0.3 is 9.47 Å². The summed E-state index contributed by atoms with van der Waals surface area (Å²) in [7, 11) is 3.56. The van der Waals surface area contributed by atoms with Crippen LogP contribution >= 0.6 is 0 Å². The Morgan fingerprint density at radius 3 is 2.41 bits per heavy atom. The maximum atomic E-state index is 8.40. The van der Waals surface area contributed by atoms with Crippen LogP contribution in [0.4, 0.5) is 0 Å². The highest BCUT2D eigenvalue weighted by Gasteiger charge is 1.99. The lowest BCUT2D eigenvalue weighted by atomic mass is 10.4. The maximum absolute atomic E-state index is 8.40. The maximum Gasteiger partial charge on any atom is 0.128 e. The third-order valence-electron chi connectivity index (χ3n) is 2.57. The van der Waals surface area contributed by atoms with Crippen LogP contribution in [0, 0.1) is 11.3 Å². The van der Waals surface area contributed by atoms with Crippen molar-refractivity contribution in [2.75, 3.05) is 7.11 Å². The molecule has 7 nitrogen and oxygen atoms in total. The number of methoxy groups -OCH3 is 1. The van der Waals surface area contributed by atoms with Gasteiger partial charge in [-0.2, -0.15) is 15.5 Å². The summed E-state index contributed by atoms with van der Waals surface area (Å²) in [5.41, 5.74) is 2.11. The van der Waals surface area contributed by atoms with Gasteiger partial charge in [0, 0.05) is 37.7 Å². The number of aromatic nitrogens is 4. The number of aryl methyl sites for hydroxylation is 1. The van der Waals surface area contributed by atoms with Crippen molar-refractivity contribution in [1.29, 1.82) is 5.26 Å². The standard InChI is InChI=1S/C9H13N3O.C6H10N2O/c1-8(2)13-7-9-5-11-12(6-9)4-3-10;1-8-4-6(3-7-8)5-9-2/h5-6,8H,4,7H2,1-2H3;3-4H,5H2,1-2H3. The zero-order chi connectivity index (χ0) is 16.4. The molecular weight excluding hydrogens is 282 g/mol. The highest BCUT2D eigenvalue weighted by atomic mass is 16.5. The smallest absolute Gasteiger partial charge is 0.128 e. The van der Waals surface area contributed by atoms with Crippen molar-refractivity contribution in [3.8, 4) is 6.07 Å². The average molecular weight is 305 g/mol. The molecule has 2 rings (SSSR count). The molecule has 2 heterocycles. The van der Waals surface area contributed by atoms with E-state index in [2.05, 4.69) is 10.2 Å². The van der Waals surface area contributed by atoms with Crippen LogP contribution in [-0.2, 0) is 36.3 Å². The molecule has 120 valence electrons. The number of nitrogens with zero attached hydrogens (tertiary/aromatic N) is 5. The first-order valence-corrected chi connectivity index (χ1v) is 7.01. The molecule has 0 atom stereocenters. The predicted octanol–water partition coefficient (Wildman–Crippen LogP) is 1.90. The first-order chi connectivity index (χ1) is 10.5. The van der Waals surface area contributed by atoms with E-state index in [0.717, 1.165) is 11.1 Å². The average Bonchev–Trinajstić information content (AvgIpc) is 3.08. The van der Waals surface area contributed by atoms with Crippen LogP contribution in [0.1, 0.15) is 25.0 Å². The topological polar surface area (TPSA) is 77.9 Å². The summed E-state index contributed by atoms with van der Waals surface area (Å²) >= 11 is 0. The van der Waals surface area contributed by atoms with E-state index in [-0.39, 0.29) is 6.10 Å². The van der Waals surface area contributed by atoms with Crippen LogP contribution in [0.5, 0.6) is 0 Å². The molecule has 2 aromatic heterocycles. The Balaban J connectivity index is 0.000000235. The van der Waals surface area contributed by atoms with Gasteiger partial charge in [-0.1, -0.05) is 0 Å². The lowest BCUT2D eigenvalue weighted by molar-refractivity contribution is 0.0657. The van der Waals surface area contributed by atoms with E-state index >= 15 is 0 Å². The molecule has 0 amide bonds. The van der Waals surface area contributed by atoms with Crippen LogP contribution in [-0.4, -0.2) is 32.8 Å². The zero-order valence-electron chi connectivity index (χ0n) is 13.6. The molecule has 0 saturated carbocycles. The lowest BCUT2D eigenvalue weighted by Crippen LogP contribution is -2.01. The van der Waals surface area contributed by atoms with Crippen LogP contribution in [0.25, 0.3) is 0 Å². The third-order valence-corrected chi connectivity index (χ3v) is 2.57.